The van der Waals surface area contributed by atoms with Gasteiger partial charge in [-0.3, -0.25) is 4.79 Å². The highest BCUT2D eigenvalue weighted by Crippen LogP contribution is 2.25. The molecule has 0 aliphatic carbocycles. The van der Waals surface area contributed by atoms with Crippen LogP contribution in [0, 0.1) is 0 Å². The van der Waals surface area contributed by atoms with E-state index >= 15 is 0 Å². The van der Waals surface area contributed by atoms with Crippen LogP contribution in [-0.2, 0) is 11.2 Å². The maximum Gasteiger partial charge on any atom is 0.320 e. The molecule has 5 nitrogen and oxygen atoms in total. The fourth-order valence-electron chi connectivity index (χ4n) is 1.04. The quantitative estimate of drug-likeness (QED) is 0.483. The van der Waals surface area contributed by atoms with Crippen molar-refractivity contribution in [3.05, 3.63) is 23.8 Å². The molecule has 1 atom stereocenters. The van der Waals surface area contributed by atoms with Crippen LogP contribution in [0.5, 0.6) is 11.5 Å². The molecule has 1 aromatic rings. The molecule has 0 aliphatic rings. The second-order valence-electron chi connectivity index (χ2n) is 2.97. The van der Waals surface area contributed by atoms with E-state index < -0.39 is 12.0 Å². The fraction of sp³-hybridized carbons (Fsp3) is 0.222. The van der Waals surface area contributed by atoms with Gasteiger partial charge in [-0.1, -0.05) is 6.07 Å². The summed E-state index contributed by atoms with van der Waals surface area (Å²) in [6.07, 6.45) is 0.114. The van der Waals surface area contributed by atoms with E-state index in [4.69, 9.17) is 21.1 Å². The van der Waals surface area contributed by atoms with Gasteiger partial charge in [0.05, 0.1) is 0 Å². The van der Waals surface area contributed by atoms with Crippen LogP contribution >= 0.6 is 24.0 Å². The highest BCUT2D eigenvalue weighted by molar-refractivity contribution is 14.0. The third kappa shape index (κ3) is 3.92. The molecule has 5 N–H and O–H groups in total. The summed E-state index contributed by atoms with van der Waals surface area (Å²) in [7, 11) is 0. The number of carboxylic acid groups (broad SMARTS) is 1. The molecule has 15 heavy (non-hydrogen) atoms. The molecular weight excluding hydrogens is 313 g/mol. The van der Waals surface area contributed by atoms with Crippen LogP contribution in [0.25, 0.3) is 0 Å². The van der Waals surface area contributed by atoms with Crippen molar-refractivity contribution in [1.82, 2.24) is 0 Å². The van der Waals surface area contributed by atoms with Crippen molar-refractivity contribution >= 4 is 29.9 Å². The average molecular weight is 325 g/mol. The van der Waals surface area contributed by atoms with E-state index in [1.165, 1.54) is 18.2 Å². The van der Waals surface area contributed by atoms with Crippen LogP contribution in [0.15, 0.2) is 18.2 Å². The van der Waals surface area contributed by atoms with Gasteiger partial charge in [-0.25, -0.2) is 0 Å². The van der Waals surface area contributed by atoms with Crippen LogP contribution in [0.3, 0.4) is 0 Å². The number of hydrogen-bond donors (Lipinski definition) is 4. The van der Waals surface area contributed by atoms with Crippen LogP contribution in [0.1, 0.15) is 5.56 Å². The summed E-state index contributed by atoms with van der Waals surface area (Å²) in [5.74, 6) is -1.62. The van der Waals surface area contributed by atoms with Gasteiger partial charge in [0.25, 0.3) is 0 Å². The van der Waals surface area contributed by atoms with Gasteiger partial charge in [-0.15, -0.1) is 24.0 Å². The van der Waals surface area contributed by atoms with Crippen LogP contribution in [0.2, 0.25) is 0 Å². The summed E-state index contributed by atoms with van der Waals surface area (Å²) < 4.78 is 0. The molecule has 0 saturated heterocycles. The number of phenols is 2. The van der Waals surface area contributed by atoms with E-state index in [0.29, 0.717) is 5.56 Å². The molecule has 1 aromatic carbocycles. The maximum atomic E-state index is 10.4. The number of nitrogens with two attached hydrogens (primary N) is 1. The highest BCUT2D eigenvalue weighted by atomic mass is 127. The Bertz CT molecular complexity index is 356. The molecule has 1 rings (SSSR count). The van der Waals surface area contributed by atoms with E-state index in [-0.39, 0.29) is 41.9 Å². The number of hydrogen-bond acceptors (Lipinski definition) is 4. The number of benzene rings is 1. The maximum absolute atomic E-state index is 10.4. The first-order valence-corrected chi connectivity index (χ1v) is 4.00. The molecule has 84 valence electrons. The second-order valence-corrected chi connectivity index (χ2v) is 2.97. The number of halogens is 1. The SMILES string of the molecule is I.N[C@@H](Cc1ccc(O)c(O)c1)C(=O)O. The largest absolute Gasteiger partial charge is 0.504 e. The third-order valence-corrected chi connectivity index (χ3v) is 1.81. The molecule has 0 saturated carbocycles. The Kier molecular flexibility index (Phi) is 5.37. The van der Waals surface area contributed by atoms with Gasteiger partial charge >= 0.3 is 5.97 Å². The van der Waals surface area contributed by atoms with Crippen molar-refractivity contribution in [2.45, 2.75) is 12.5 Å². The Morgan fingerprint density at radius 2 is 1.93 bits per heavy atom. The Morgan fingerprint density at radius 3 is 2.40 bits per heavy atom. The van der Waals surface area contributed by atoms with Crippen molar-refractivity contribution in [2.75, 3.05) is 0 Å². The van der Waals surface area contributed by atoms with Crippen LogP contribution < -0.4 is 5.73 Å². The molecule has 0 aromatic heterocycles. The molecule has 0 heterocycles. The van der Waals surface area contributed by atoms with Gasteiger partial charge in [0.2, 0.25) is 0 Å². The minimum absolute atomic E-state index is 0. The topological polar surface area (TPSA) is 104 Å². The van der Waals surface area contributed by atoms with Gasteiger partial charge < -0.3 is 21.1 Å². The zero-order chi connectivity index (χ0) is 10.7. The zero-order valence-corrected chi connectivity index (χ0v) is 10.1. The van der Waals surface area contributed by atoms with E-state index in [1.807, 2.05) is 0 Å². The summed E-state index contributed by atoms with van der Waals surface area (Å²) in [6, 6.07) is 3.09. The summed E-state index contributed by atoms with van der Waals surface area (Å²) in [6.45, 7) is 0. The number of rotatable bonds is 3. The standard InChI is InChI=1S/C9H11NO4.HI/c10-6(9(13)14)3-5-1-2-7(11)8(12)4-5;/h1-2,4,6,11-12H,3,10H2,(H,13,14);1H/t6-;/m0./s1. The lowest BCUT2D eigenvalue weighted by Gasteiger charge is -2.06. The van der Waals surface area contributed by atoms with Crippen LogP contribution in [0.4, 0.5) is 0 Å². The zero-order valence-electron chi connectivity index (χ0n) is 7.75. The van der Waals surface area contributed by atoms with Crippen molar-refractivity contribution < 1.29 is 20.1 Å². The molecule has 0 radical (unpaired) electrons. The minimum Gasteiger partial charge on any atom is -0.504 e. The number of aliphatic carboxylic acids is 1. The fourth-order valence-corrected chi connectivity index (χ4v) is 1.04. The number of carboxylic acids is 1. The first kappa shape index (κ1) is 14.0. The first-order valence-electron chi connectivity index (χ1n) is 4.00. The highest BCUT2D eigenvalue weighted by Gasteiger charge is 2.12. The number of phenolic OH excluding ortho intramolecular Hbond substituents is 2. The van der Waals surface area contributed by atoms with E-state index in [1.54, 1.807) is 0 Å². The lowest BCUT2D eigenvalue weighted by molar-refractivity contribution is -0.138. The summed E-state index contributed by atoms with van der Waals surface area (Å²) >= 11 is 0. The minimum atomic E-state index is -1.10. The van der Waals surface area contributed by atoms with Gasteiger partial charge in [0.15, 0.2) is 11.5 Å². The monoisotopic (exact) mass is 325 g/mol. The van der Waals surface area contributed by atoms with Crippen molar-refractivity contribution in [1.29, 1.82) is 0 Å². The molecular formula is C9H12INO4. The van der Waals surface area contributed by atoms with E-state index in [9.17, 15) is 4.79 Å². The van der Waals surface area contributed by atoms with Gasteiger partial charge in [0, 0.05) is 0 Å². The number of carbonyl (C=O) groups is 1. The predicted molar refractivity (Wildman–Crippen MR) is 64.5 cm³/mol. The number of aromatic hydroxyl groups is 2. The summed E-state index contributed by atoms with van der Waals surface area (Å²) in [5.41, 5.74) is 5.86. The first-order chi connectivity index (χ1) is 6.50. The predicted octanol–water partition coefficient (Wildman–Crippen LogP) is 0.670. The third-order valence-electron chi connectivity index (χ3n) is 1.81. The lowest BCUT2D eigenvalue weighted by atomic mass is 10.1. The molecule has 0 amide bonds. The van der Waals surface area contributed by atoms with Crippen molar-refractivity contribution in [3.63, 3.8) is 0 Å². The average Bonchev–Trinajstić information content (AvgIpc) is 2.11. The van der Waals surface area contributed by atoms with E-state index in [0.717, 1.165) is 0 Å². The van der Waals surface area contributed by atoms with Crippen LogP contribution in [-0.4, -0.2) is 27.3 Å². The second kappa shape index (κ2) is 5.76. The Hall–Kier alpha value is -1.02. The van der Waals surface area contributed by atoms with Gasteiger partial charge in [-0.05, 0) is 24.1 Å². The molecule has 0 fully saturated rings. The smallest absolute Gasteiger partial charge is 0.320 e. The Balaban J connectivity index is 0.00000196. The Morgan fingerprint density at radius 1 is 1.33 bits per heavy atom. The molecule has 0 bridgehead atoms. The lowest BCUT2D eigenvalue weighted by Crippen LogP contribution is -2.32. The summed E-state index contributed by atoms with van der Waals surface area (Å²) in [5, 5.41) is 26.6. The van der Waals surface area contributed by atoms with E-state index in [2.05, 4.69) is 0 Å². The molecule has 0 aliphatic heterocycles. The van der Waals surface area contributed by atoms with Gasteiger partial charge in [-0.2, -0.15) is 0 Å². The summed E-state index contributed by atoms with van der Waals surface area (Å²) in [4.78, 5) is 10.4. The van der Waals surface area contributed by atoms with Crippen molar-refractivity contribution in [2.24, 2.45) is 5.73 Å². The normalized spacial score (nSPS) is 11.5. The molecule has 0 spiro atoms. The van der Waals surface area contributed by atoms with Gasteiger partial charge in [0.1, 0.15) is 6.04 Å². The molecule has 0 unspecified atom stereocenters. The Labute approximate surface area is 104 Å². The molecule has 6 heteroatoms. The van der Waals surface area contributed by atoms with Crippen molar-refractivity contribution in [3.8, 4) is 11.5 Å².